The first-order valence-corrected chi connectivity index (χ1v) is 6.32. The number of thioether (sulfide) groups is 1. The lowest BCUT2D eigenvalue weighted by molar-refractivity contribution is -0.105. The summed E-state index contributed by atoms with van der Waals surface area (Å²) in [6, 6.07) is 1.51. The van der Waals surface area contributed by atoms with Gasteiger partial charge in [-0.25, -0.2) is 4.98 Å². The summed E-state index contributed by atoms with van der Waals surface area (Å²) < 4.78 is 1.51. The summed E-state index contributed by atoms with van der Waals surface area (Å²) in [6.45, 7) is 0. The topological polar surface area (TPSA) is 51.4 Å². The molecule has 78 valence electrons. The Morgan fingerprint density at radius 3 is 3.27 bits per heavy atom. The van der Waals surface area contributed by atoms with Gasteiger partial charge in [0.05, 0.1) is 5.69 Å². The second-order valence-corrected chi connectivity index (χ2v) is 4.73. The van der Waals surface area contributed by atoms with Crippen molar-refractivity contribution in [1.82, 2.24) is 9.38 Å². The van der Waals surface area contributed by atoms with Crippen molar-refractivity contribution in [1.29, 1.82) is 0 Å². The summed E-state index contributed by atoms with van der Waals surface area (Å²) in [5.74, 6) is 1.04. The molecule has 2 aromatic heterocycles. The maximum absolute atomic E-state index is 11.5. The molecule has 0 atom stereocenters. The third-order valence-electron chi connectivity index (χ3n) is 1.79. The van der Waals surface area contributed by atoms with Crippen LogP contribution in [0.25, 0.3) is 4.96 Å². The summed E-state index contributed by atoms with van der Waals surface area (Å²) >= 11 is 2.88. The van der Waals surface area contributed by atoms with Crippen LogP contribution in [0.4, 0.5) is 0 Å². The van der Waals surface area contributed by atoms with Crippen LogP contribution in [0.3, 0.4) is 0 Å². The lowest BCUT2D eigenvalue weighted by atomic mass is 10.4. The molecular weight excluding hydrogens is 232 g/mol. The number of fused-ring (bicyclic) bond motifs is 1. The molecule has 0 amide bonds. The van der Waals surface area contributed by atoms with Crippen molar-refractivity contribution in [2.24, 2.45) is 0 Å². The molecule has 0 bridgehead atoms. The number of thiazole rings is 1. The number of hydrogen-bond acceptors (Lipinski definition) is 5. The molecule has 0 unspecified atom stereocenters. The van der Waals surface area contributed by atoms with Crippen LogP contribution in [0, 0.1) is 0 Å². The minimum absolute atomic E-state index is 0.0667. The monoisotopic (exact) mass is 240 g/mol. The highest BCUT2D eigenvalue weighted by Crippen LogP contribution is 2.11. The van der Waals surface area contributed by atoms with Crippen LogP contribution in [0.15, 0.2) is 22.4 Å². The molecule has 2 rings (SSSR count). The summed E-state index contributed by atoms with van der Waals surface area (Å²) in [4.78, 5) is 26.7. The van der Waals surface area contributed by atoms with Crippen molar-refractivity contribution in [2.75, 3.05) is 5.75 Å². The first kappa shape index (κ1) is 10.4. The standard InChI is InChI=1S/C9H8N2O2S2/c12-2-4-14-6-7-5-8(13)11-1-3-15-9(11)10-7/h1-3,5H,4,6H2. The molecule has 0 N–H and O–H groups in total. The smallest absolute Gasteiger partial charge is 0.258 e. The van der Waals surface area contributed by atoms with E-state index in [0.29, 0.717) is 16.5 Å². The highest BCUT2D eigenvalue weighted by Gasteiger charge is 2.02. The predicted molar refractivity (Wildman–Crippen MR) is 61.6 cm³/mol. The normalized spacial score (nSPS) is 10.7. The van der Waals surface area contributed by atoms with Crippen LogP contribution in [0.1, 0.15) is 5.69 Å². The first-order valence-electron chi connectivity index (χ1n) is 4.28. The van der Waals surface area contributed by atoms with E-state index in [-0.39, 0.29) is 5.56 Å². The Bertz CT molecular complexity index is 532. The van der Waals surface area contributed by atoms with Gasteiger partial charge in [-0.05, 0) is 0 Å². The number of rotatable bonds is 4. The molecule has 2 aromatic rings. The van der Waals surface area contributed by atoms with Crippen LogP contribution >= 0.6 is 23.1 Å². The Morgan fingerprint density at radius 1 is 1.60 bits per heavy atom. The number of aldehydes is 1. The summed E-state index contributed by atoms with van der Waals surface area (Å²) in [6.07, 6.45) is 2.55. The highest BCUT2D eigenvalue weighted by atomic mass is 32.2. The van der Waals surface area contributed by atoms with Gasteiger partial charge in [0.2, 0.25) is 0 Å². The Labute approximate surface area is 94.0 Å². The molecule has 0 fully saturated rings. The average Bonchev–Trinajstić information content (AvgIpc) is 2.66. The van der Waals surface area contributed by atoms with E-state index in [9.17, 15) is 9.59 Å². The molecule has 4 nitrogen and oxygen atoms in total. The van der Waals surface area contributed by atoms with E-state index < -0.39 is 0 Å². The van der Waals surface area contributed by atoms with Crippen molar-refractivity contribution < 1.29 is 4.79 Å². The third kappa shape index (κ3) is 2.27. The van der Waals surface area contributed by atoms with E-state index in [0.717, 1.165) is 12.0 Å². The number of carbonyl (C=O) groups excluding carboxylic acids is 1. The van der Waals surface area contributed by atoms with Gasteiger partial charge in [0.15, 0.2) is 4.96 Å². The molecule has 0 saturated carbocycles. The van der Waals surface area contributed by atoms with Crippen LogP contribution in [0.2, 0.25) is 0 Å². The Hall–Kier alpha value is -1.14. The molecular formula is C9H8N2O2S2. The average molecular weight is 240 g/mol. The highest BCUT2D eigenvalue weighted by molar-refractivity contribution is 7.99. The van der Waals surface area contributed by atoms with Gasteiger partial charge in [-0.15, -0.1) is 23.1 Å². The van der Waals surface area contributed by atoms with E-state index in [1.54, 1.807) is 6.20 Å². The lowest BCUT2D eigenvalue weighted by Crippen LogP contribution is -2.12. The molecule has 0 radical (unpaired) electrons. The number of nitrogens with zero attached hydrogens (tertiary/aromatic N) is 2. The van der Waals surface area contributed by atoms with Crippen LogP contribution in [-0.4, -0.2) is 21.4 Å². The fourth-order valence-electron chi connectivity index (χ4n) is 1.17. The molecule has 6 heteroatoms. The lowest BCUT2D eigenvalue weighted by Gasteiger charge is -1.98. The predicted octanol–water partition coefficient (Wildman–Crippen LogP) is 1.19. The van der Waals surface area contributed by atoms with E-state index in [1.165, 1.54) is 33.6 Å². The van der Waals surface area contributed by atoms with Crippen molar-refractivity contribution in [3.63, 3.8) is 0 Å². The molecule has 0 aliphatic rings. The van der Waals surface area contributed by atoms with E-state index in [2.05, 4.69) is 4.98 Å². The fourth-order valence-corrected chi connectivity index (χ4v) is 2.48. The molecule has 15 heavy (non-hydrogen) atoms. The second kappa shape index (κ2) is 4.59. The molecule has 0 saturated heterocycles. The van der Waals surface area contributed by atoms with E-state index in [4.69, 9.17) is 0 Å². The van der Waals surface area contributed by atoms with Crippen molar-refractivity contribution in [2.45, 2.75) is 5.75 Å². The van der Waals surface area contributed by atoms with E-state index >= 15 is 0 Å². The molecule has 0 aromatic carbocycles. The minimum atomic E-state index is -0.0667. The van der Waals surface area contributed by atoms with Crippen molar-refractivity contribution in [3.8, 4) is 0 Å². The van der Waals surface area contributed by atoms with Crippen LogP contribution in [0.5, 0.6) is 0 Å². The van der Waals surface area contributed by atoms with Gasteiger partial charge >= 0.3 is 0 Å². The Kier molecular flexibility index (Phi) is 3.17. The van der Waals surface area contributed by atoms with Crippen molar-refractivity contribution >= 4 is 34.3 Å². The number of carbonyl (C=O) groups is 1. The first-order chi connectivity index (χ1) is 7.31. The van der Waals surface area contributed by atoms with Crippen LogP contribution < -0.4 is 5.56 Å². The fraction of sp³-hybridized carbons (Fsp3) is 0.222. The minimum Gasteiger partial charge on any atom is -0.302 e. The molecule has 0 aliphatic heterocycles. The van der Waals surface area contributed by atoms with Gasteiger partial charge in [-0.1, -0.05) is 0 Å². The largest absolute Gasteiger partial charge is 0.302 e. The Balaban J connectivity index is 2.28. The van der Waals surface area contributed by atoms with Gasteiger partial charge in [-0.2, -0.15) is 0 Å². The molecule has 0 spiro atoms. The van der Waals surface area contributed by atoms with Gasteiger partial charge < -0.3 is 4.79 Å². The zero-order valence-corrected chi connectivity index (χ0v) is 9.38. The summed E-state index contributed by atoms with van der Waals surface area (Å²) in [7, 11) is 0. The van der Waals surface area contributed by atoms with Gasteiger partial charge in [0.1, 0.15) is 6.29 Å². The molecule has 0 aliphatic carbocycles. The Morgan fingerprint density at radius 2 is 2.47 bits per heavy atom. The van der Waals surface area contributed by atoms with Gasteiger partial charge in [0.25, 0.3) is 5.56 Å². The zero-order chi connectivity index (χ0) is 10.7. The quantitative estimate of drug-likeness (QED) is 0.595. The third-order valence-corrected chi connectivity index (χ3v) is 3.42. The number of aromatic nitrogens is 2. The maximum atomic E-state index is 11.5. The zero-order valence-electron chi connectivity index (χ0n) is 7.75. The van der Waals surface area contributed by atoms with Gasteiger partial charge in [-0.3, -0.25) is 9.20 Å². The molecule has 2 heterocycles. The SMILES string of the molecule is O=CCSCc1cc(=O)n2ccsc2n1. The van der Waals surface area contributed by atoms with Gasteiger partial charge in [0, 0.05) is 29.1 Å². The van der Waals surface area contributed by atoms with Crippen molar-refractivity contribution in [3.05, 3.63) is 33.7 Å². The number of hydrogen-bond donors (Lipinski definition) is 0. The summed E-state index contributed by atoms with van der Waals surface area (Å²) in [5, 5.41) is 1.83. The van der Waals surface area contributed by atoms with E-state index in [1.807, 2.05) is 5.38 Å². The second-order valence-electron chi connectivity index (χ2n) is 2.82. The van der Waals surface area contributed by atoms with Crippen LogP contribution in [-0.2, 0) is 10.5 Å². The summed E-state index contributed by atoms with van der Waals surface area (Å²) in [5.41, 5.74) is 0.664. The maximum Gasteiger partial charge on any atom is 0.258 e.